The molecule has 0 bridgehead atoms. The number of fused-ring (bicyclic) bond motifs is 1. The summed E-state index contributed by atoms with van der Waals surface area (Å²) in [4.78, 5) is 31.8. The van der Waals surface area contributed by atoms with Crippen molar-refractivity contribution < 1.29 is 19.1 Å². The Bertz CT molecular complexity index is 1210. The summed E-state index contributed by atoms with van der Waals surface area (Å²) in [6.45, 7) is 0.290. The minimum Gasteiger partial charge on any atom is -0.454 e. The molecule has 0 saturated carbocycles. The second-order valence-electron chi connectivity index (χ2n) is 7.00. The number of aromatic nitrogens is 1. The van der Waals surface area contributed by atoms with Gasteiger partial charge in [0.15, 0.2) is 11.5 Å². The molecule has 8 heteroatoms. The molecule has 2 amide bonds. The zero-order valence-electron chi connectivity index (χ0n) is 16.2. The van der Waals surface area contributed by atoms with Gasteiger partial charge in [0.25, 0.3) is 11.8 Å². The Morgan fingerprint density at radius 1 is 0.935 bits per heavy atom. The van der Waals surface area contributed by atoms with Crippen LogP contribution in [0.3, 0.4) is 0 Å². The third-order valence-corrected chi connectivity index (χ3v) is 5.28. The van der Waals surface area contributed by atoms with E-state index in [0.29, 0.717) is 27.8 Å². The number of ether oxygens (including phenoxy) is 2. The van der Waals surface area contributed by atoms with Gasteiger partial charge in [0.1, 0.15) is 5.70 Å². The van der Waals surface area contributed by atoms with Crippen molar-refractivity contribution in [3.63, 3.8) is 0 Å². The van der Waals surface area contributed by atoms with Crippen LogP contribution in [0.4, 0.5) is 5.69 Å². The number of carbonyl (C=O) groups excluding carboxylic acids is 2. The number of carbonyl (C=O) groups is 2. The normalized spacial score (nSPS) is 15.1. The number of imide groups is 1. The van der Waals surface area contributed by atoms with E-state index >= 15 is 0 Å². The number of pyridine rings is 1. The molecule has 0 atom stereocenters. The number of benzene rings is 2. The van der Waals surface area contributed by atoms with Crippen molar-refractivity contribution in [2.45, 2.75) is 6.54 Å². The molecule has 154 valence electrons. The van der Waals surface area contributed by atoms with Crippen LogP contribution in [-0.2, 0) is 16.1 Å². The average molecular weight is 434 g/mol. The number of hydrogen-bond acceptors (Lipinski definition) is 6. The van der Waals surface area contributed by atoms with E-state index in [2.05, 4.69) is 10.3 Å². The fraction of sp³-hybridized carbons (Fsp3) is 0.0870. The Balaban J connectivity index is 1.53. The molecule has 0 radical (unpaired) electrons. The number of nitrogens with zero attached hydrogens (tertiary/aromatic N) is 2. The van der Waals surface area contributed by atoms with E-state index in [1.807, 2.05) is 0 Å². The average Bonchev–Trinajstić information content (AvgIpc) is 3.34. The quantitative estimate of drug-likeness (QED) is 0.615. The number of halogens is 1. The summed E-state index contributed by atoms with van der Waals surface area (Å²) in [5.41, 5.74) is 2.49. The zero-order chi connectivity index (χ0) is 21.4. The summed E-state index contributed by atoms with van der Waals surface area (Å²) in [6, 6.07) is 15.6. The largest absolute Gasteiger partial charge is 0.454 e. The first-order valence-electron chi connectivity index (χ1n) is 9.52. The maximum atomic E-state index is 13.3. The highest BCUT2D eigenvalue weighted by atomic mass is 35.5. The topological polar surface area (TPSA) is 80.8 Å². The van der Waals surface area contributed by atoms with Crippen molar-refractivity contribution >= 4 is 34.7 Å². The first-order valence-corrected chi connectivity index (χ1v) is 9.90. The van der Waals surface area contributed by atoms with Gasteiger partial charge >= 0.3 is 0 Å². The first kappa shape index (κ1) is 19.1. The zero-order valence-corrected chi connectivity index (χ0v) is 16.9. The standard InChI is InChI=1S/C23H16ClN3O4/c24-16-3-1-15(2-4-16)20-21(26-17-5-6-18-19(11-17)31-13-30-18)23(29)27(22(20)28)12-14-7-9-25-10-8-14/h1-11,26H,12-13H2. The highest BCUT2D eigenvalue weighted by Crippen LogP contribution is 2.37. The predicted octanol–water partition coefficient (Wildman–Crippen LogP) is 3.86. The highest BCUT2D eigenvalue weighted by Gasteiger charge is 2.39. The molecule has 2 aliphatic rings. The van der Waals surface area contributed by atoms with Crippen LogP contribution in [0.25, 0.3) is 5.57 Å². The molecule has 31 heavy (non-hydrogen) atoms. The Morgan fingerprint density at radius 3 is 2.45 bits per heavy atom. The molecule has 0 saturated heterocycles. The van der Waals surface area contributed by atoms with Gasteiger partial charge in [-0.05, 0) is 47.5 Å². The lowest BCUT2D eigenvalue weighted by atomic mass is 10.0. The fourth-order valence-electron chi connectivity index (χ4n) is 3.51. The van der Waals surface area contributed by atoms with E-state index in [1.54, 1.807) is 67.0 Å². The lowest BCUT2D eigenvalue weighted by molar-refractivity contribution is -0.137. The molecule has 0 unspecified atom stereocenters. The molecule has 1 aromatic heterocycles. The SMILES string of the molecule is O=C1C(Nc2ccc3c(c2)OCO3)=C(c2ccc(Cl)cc2)C(=O)N1Cc1ccncc1. The predicted molar refractivity (Wildman–Crippen MR) is 114 cm³/mol. The molecule has 7 nitrogen and oxygen atoms in total. The minimum absolute atomic E-state index is 0.142. The van der Waals surface area contributed by atoms with Crippen LogP contribution in [-0.4, -0.2) is 28.5 Å². The molecule has 3 heterocycles. The fourth-order valence-corrected chi connectivity index (χ4v) is 3.64. The summed E-state index contributed by atoms with van der Waals surface area (Å²) in [7, 11) is 0. The van der Waals surface area contributed by atoms with Crippen LogP contribution in [0.5, 0.6) is 11.5 Å². The van der Waals surface area contributed by atoms with Gasteiger partial charge in [-0.25, -0.2) is 0 Å². The summed E-state index contributed by atoms with van der Waals surface area (Å²) in [5, 5.41) is 3.66. The van der Waals surface area contributed by atoms with Gasteiger partial charge in [-0.15, -0.1) is 0 Å². The summed E-state index contributed by atoms with van der Waals surface area (Å²) in [5.74, 6) is 0.409. The lowest BCUT2D eigenvalue weighted by Crippen LogP contribution is -2.32. The van der Waals surface area contributed by atoms with Crippen LogP contribution >= 0.6 is 11.6 Å². The van der Waals surface area contributed by atoms with Gasteiger partial charge < -0.3 is 14.8 Å². The first-order chi connectivity index (χ1) is 15.1. The molecule has 2 aromatic carbocycles. The Morgan fingerprint density at radius 2 is 1.68 bits per heavy atom. The third kappa shape index (κ3) is 3.60. The molecular formula is C23H16ClN3O4. The van der Waals surface area contributed by atoms with Crippen molar-refractivity contribution in [1.29, 1.82) is 0 Å². The van der Waals surface area contributed by atoms with Crippen molar-refractivity contribution in [2.75, 3.05) is 12.1 Å². The van der Waals surface area contributed by atoms with Crippen molar-refractivity contribution in [2.24, 2.45) is 0 Å². The Kier molecular flexibility index (Phi) is 4.80. The van der Waals surface area contributed by atoms with Gasteiger partial charge in [0.05, 0.1) is 12.1 Å². The summed E-state index contributed by atoms with van der Waals surface area (Å²) in [6.07, 6.45) is 3.25. The smallest absolute Gasteiger partial charge is 0.278 e. The van der Waals surface area contributed by atoms with E-state index < -0.39 is 5.91 Å². The van der Waals surface area contributed by atoms with Gasteiger partial charge in [0.2, 0.25) is 6.79 Å². The van der Waals surface area contributed by atoms with E-state index in [9.17, 15) is 9.59 Å². The van der Waals surface area contributed by atoms with Crippen LogP contribution in [0.15, 0.2) is 72.7 Å². The number of anilines is 1. The number of nitrogens with one attached hydrogen (secondary N) is 1. The summed E-state index contributed by atoms with van der Waals surface area (Å²) >= 11 is 6.01. The molecular weight excluding hydrogens is 418 g/mol. The molecule has 5 rings (SSSR count). The van der Waals surface area contributed by atoms with Crippen molar-refractivity contribution in [3.05, 3.63) is 88.8 Å². The van der Waals surface area contributed by atoms with Crippen molar-refractivity contribution in [3.8, 4) is 11.5 Å². The molecule has 0 spiro atoms. The number of rotatable bonds is 5. The van der Waals surface area contributed by atoms with Gasteiger partial charge in [0, 0.05) is 29.2 Å². The molecule has 2 aliphatic heterocycles. The Hall–Kier alpha value is -3.84. The van der Waals surface area contributed by atoms with Crippen LogP contribution in [0.2, 0.25) is 5.02 Å². The van der Waals surface area contributed by atoms with Crippen LogP contribution in [0.1, 0.15) is 11.1 Å². The van der Waals surface area contributed by atoms with E-state index in [1.165, 1.54) is 4.90 Å². The maximum absolute atomic E-state index is 13.3. The second-order valence-corrected chi connectivity index (χ2v) is 7.44. The third-order valence-electron chi connectivity index (χ3n) is 5.03. The Labute approximate surface area is 182 Å². The molecule has 3 aromatic rings. The maximum Gasteiger partial charge on any atom is 0.278 e. The van der Waals surface area contributed by atoms with Crippen LogP contribution < -0.4 is 14.8 Å². The monoisotopic (exact) mass is 433 g/mol. The summed E-state index contributed by atoms with van der Waals surface area (Å²) < 4.78 is 10.8. The molecule has 1 N–H and O–H groups in total. The van der Waals surface area contributed by atoms with Gasteiger partial charge in [-0.2, -0.15) is 0 Å². The van der Waals surface area contributed by atoms with E-state index in [-0.39, 0.29) is 30.5 Å². The number of hydrogen-bond donors (Lipinski definition) is 1. The minimum atomic E-state index is -0.413. The van der Waals surface area contributed by atoms with Crippen molar-refractivity contribution in [1.82, 2.24) is 9.88 Å². The lowest BCUT2D eigenvalue weighted by Gasteiger charge is -2.15. The molecule has 0 fully saturated rings. The van der Waals surface area contributed by atoms with Gasteiger partial charge in [-0.1, -0.05) is 23.7 Å². The van der Waals surface area contributed by atoms with Gasteiger partial charge in [-0.3, -0.25) is 19.5 Å². The van der Waals surface area contributed by atoms with E-state index in [0.717, 1.165) is 5.56 Å². The second kappa shape index (κ2) is 7.77. The van der Waals surface area contributed by atoms with Crippen LogP contribution in [0, 0.1) is 0 Å². The highest BCUT2D eigenvalue weighted by molar-refractivity contribution is 6.36. The van der Waals surface area contributed by atoms with E-state index in [4.69, 9.17) is 21.1 Å². The molecule has 0 aliphatic carbocycles. The number of amides is 2.